The molecule has 0 aliphatic heterocycles. The molecule has 11 nitrogen and oxygen atoms in total. The fourth-order valence-corrected chi connectivity index (χ4v) is 3.93. The highest BCUT2D eigenvalue weighted by Crippen LogP contribution is 2.33. The second-order valence-electron chi connectivity index (χ2n) is 9.59. The summed E-state index contributed by atoms with van der Waals surface area (Å²) >= 11 is 0. The van der Waals surface area contributed by atoms with Crippen molar-refractivity contribution in [2.75, 3.05) is 0 Å². The van der Waals surface area contributed by atoms with E-state index in [2.05, 4.69) is 4.98 Å². The summed E-state index contributed by atoms with van der Waals surface area (Å²) in [6.45, 7) is 7.52. The smallest absolute Gasteiger partial charge is 0.425 e. The van der Waals surface area contributed by atoms with E-state index in [1.807, 2.05) is 0 Å². The first-order valence-corrected chi connectivity index (χ1v) is 11.7. The fourth-order valence-electron chi connectivity index (χ4n) is 3.93. The van der Waals surface area contributed by atoms with Crippen LogP contribution in [0.1, 0.15) is 38.8 Å². The number of benzene rings is 1. The number of rotatable bonds is 5. The summed E-state index contributed by atoms with van der Waals surface area (Å²) < 4.78 is 23.5. The average molecular weight is 522 g/mol. The van der Waals surface area contributed by atoms with E-state index in [1.54, 1.807) is 57.3 Å². The predicted molar refractivity (Wildman–Crippen MR) is 137 cm³/mol. The maximum absolute atomic E-state index is 13.2. The molecule has 0 fully saturated rings. The lowest BCUT2D eigenvalue weighted by molar-refractivity contribution is -0.142. The highest BCUT2D eigenvalue weighted by molar-refractivity contribution is 5.82. The Morgan fingerprint density at radius 1 is 1.11 bits per heavy atom. The van der Waals surface area contributed by atoms with Crippen LogP contribution in [0, 0.1) is 6.92 Å². The second-order valence-corrected chi connectivity index (χ2v) is 9.59. The van der Waals surface area contributed by atoms with Crippen molar-refractivity contribution < 1.29 is 28.2 Å². The SMILES string of the molecule is CC(=O)OCc1cc(Oc2nccc3occc23)ccc1-c1c(C)c(=O)n(C(=O)OC(C)(C)C)c(=O)n1C. The van der Waals surface area contributed by atoms with E-state index in [9.17, 15) is 19.2 Å². The Bertz CT molecular complexity index is 1630. The third-order valence-electron chi connectivity index (χ3n) is 5.59. The van der Waals surface area contributed by atoms with Crippen LogP contribution in [0.25, 0.3) is 22.2 Å². The second kappa shape index (κ2) is 10.0. The molecule has 0 bridgehead atoms. The van der Waals surface area contributed by atoms with Crippen molar-refractivity contribution in [2.45, 2.75) is 46.8 Å². The molecule has 0 aliphatic rings. The molecule has 11 heteroatoms. The van der Waals surface area contributed by atoms with Crippen LogP contribution in [0.2, 0.25) is 0 Å². The number of ether oxygens (including phenoxy) is 3. The number of nitrogens with zero attached hydrogens (tertiary/aromatic N) is 3. The zero-order valence-electron chi connectivity index (χ0n) is 21.9. The van der Waals surface area contributed by atoms with Crippen LogP contribution in [0.3, 0.4) is 0 Å². The van der Waals surface area contributed by atoms with Crippen LogP contribution in [0.15, 0.2) is 56.8 Å². The lowest BCUT2D eigenvalue weighted by Crippen LogP contribution is -2.46. The quantitative estimate of drug-likeness (QED) is 0.353. The summed E-state index contributed by atoms with van der Waals surface area (Å²) in [6, 6.07) is 8.34. The molecule has 0 saturated carbocycles. The Labute approximate surface area is 217 Å². The zero-order valence-corrected chi connectivity index (χ0v) is 21.9. The van der Waals surface area contributed by atoms with E-state index < -0.39 is 28.9 Å². The third-order valence-corrected chi connectivity index (χ3v) is 5.59. The number of pyridine rings is 1. The number of fused-ring (bicyclic) bond motifs is 1. The van der Waals surface area contributed by atoms with Crippen LogP contribution >= 0.6 is 0 Å². The van der Waals surface area contributed by atoms with E-state index in [0.717, 1.165) is 0 Å². The molecular weight excluding hydrogens is 494 g/mol. The van der Waals surface area contributed by atoms with Gasteiger partial charge in [0.1, 0.15) is 23.5 Å². The summed E-state index contributed by atoms with van der Waals surface area (Å²) in [7, 11) is 1.44. The minimum absolute atomic E-state index is 0.125. The largest absolute Gasteiger partial charge is 0.464 e. The highest BCUT2D eigenvalue weighted by Gasteiger charge is 2.26. The van der Waals surface area contributed by atoms with Crippen LogP contribution in [-0.2, 0) is 27.9 Å². The molecule has 0 atom stereocenters. The number of furan rings is 1. The summed E-state index contributed by atoms with van der Waals surface area (Å²) in [5.41, 5.74) is -0.710. The molecule has 0 unspecified atom stereocenters. The molecule has 3 aromatic heterocycles. The number of carbonyl (C=O) groups excluding carboxylic acids is 2. The molecule has 0 saturated heterocycles. The van der Waals surface area contributed by atoms with Gasteiger partial charge >= 0.3 is 17.8 Å². The monoisotopic (exact) mass is 521 g/mol. The summed E-state index contributed by atoms with van der Waals surface area (Å²) in [5.74, 6) is 0.172. The highest BCUT2D eigenvalue weighted by atomic mass is 16.6. The van der Waals surface area contributed by atoms with Crippen molar-refractivity contribution in [3.8, 4) is 22.9 Å². The number of aromatic nitrogens is 3. The molecule has 0 N–H and O–H groups in total. The number of esters is 1. The lowest BCUT2D eigenvalue weighted by atomic mass is 10.0. The van der Waals surface area contributed by atoms with E-state index in [0.29, 0.717) is 38.3 Å². The molecule has 4 aromatic rings. The van der Waals surface area contributed by atoms with E-state index in [1.165, 1.54) is 31.7 Å². The molecule has 38 heavy (non-hydrogen) atoms. The van der Waals surface area contributed by atoms with Gasteiger partial charge in [-0.3, -0.25) is 14.2 Å². The molecular formula is C27H27N3O8. The molecule has 0 radical (unpaired) electrons. The maximum atomic E-state index is 13.2. The Morgan fingerprint density at radius 3 is 2.53 bits per heavy atom. The minimum atomic E-state index is -1.07. The Morgan fingerprint density at radius 2 is 1.84 bits per heavy atom. The molecule has 0 aliphatic carbocycles. The first-order valence-electron chi connectivity index (χ1n) is 11.7. The van der Waals surface area contributed by atoms with Gasteiger partial charge in [-0.25, -0.2) is 14.6 Å². The van der Waals surface area contributed by atoms with Gasteiger partial charge in [0.15, 0.2) is 0 Å². The molecule has 1 aromatic carbocycles. The van der Waals surface area contributed by atoms with Crippen molar-refractivity contribution in [1.29, 1.82) is 0 Å². The van der Waals surface area contributed by atoms with Gasteiger partial charge in [-0.2, -0.15) is 4.57 Å². The van der Waals surface area contributed by atoms with E-state index in [-0.39, 0.29) is 17.9 Å². The van der Waals surface area contributed by atoms with E-state index >= 15 is 0 Å². The van der Waals surface area contributed by atoms with Crippen LogP contribution < -0.4 is 16.0 Å². The topological polar surface area (TPSA) is 132 Å². The standard InChI is InChI=1S/C27H27N3O8/c1-15-22(29(6)25(33)30(24(15)32)26(34)38-27(3,4)5)19-8-7-18(13-17(19)14-36-16(2)31)37-23-20-10-12-35-21(20)9-11-28-23/h7-13H,14H2,1-6H3. The number of carbonyl (C=O) groups is 2. The van der Waals surface area contributed by atoms with Crippen molar-refractivity contribution in [3.05, 3.63) is 74.8 Å². The third kappa shape index (κ3) is 5.22. The summed E-state index contributed by atoms with van der Waals surface area (Å²) in [5, 5.41) is 0.669. The van der Waals surface area contributed by atoms with Gasteiger partial charge in [-0.15, -0.1) is 0 Å². The molecule has 3 heterocycles. The summed E-state index contributed by atoms with van der Waals surface area (Å²) in [4.78, 5) is 54.8. The fraction of sp³-hybridized carbons (Fsp3) is 0.296. The van der Waals surface area contributed by atoms with Crippen LogP contribution in [-0.4, -0.2) is 31.8 Å². The molecule has 0 spiro atoms. The summed E-state index contributed by atoms with van der Waals surface area (Å²) in [6.07, 6.45) is 2.01. The van der Waals surface area contributed by atoms with Crippen molar-refractivity contribution in [2.24, 2.45) is 7.05 Å². The van der Waals surface area contributed by atoms with Crippen LogP contribution in [0.4, 0.5) is 4.79 Å². The first kappa shape index (κ1) is 26.4. The van der Waals surface area contributed by atoms with Crippen LogP contribution in [0.5, 0.6) is 11.6 Å². The Hall–Kier alpha value is -4.67. The van der Waals surface area contributed by atoms with Gasteiger partial charge in [0.2, 0.25) is 5.88 Å². The zero-order chi connectivity index (χ0) is 27.8. The maximum Gasteiger partial charge on any atom is 0.425 e. The van der Waals surface area contributed by atoms with Gasteiger partial charge in [-0.05, 0) is 58.0 Å². The molecule has 0 amide bonds. The van der Waals surface area contributed by atoms with Crippen molar-refractivity contribution >= 4 is 23.0 Å². The van der Waals surface area contributed by atoms with Gasteiger partial charge in [0, 0.05) is 36.9 Å². The Balaban J connectivity index is 1.83. The van der Waals surface area contributed by atoms with Gasteiger partial charge in [0.05, 0.1) is 17.3 Å². The molecule has 198 valence electrons. The average Bonchev–Trinajstić information content (AvgIpc) is 3.31. The first-order chi connectivity index (χ1) is 17.9. The Kier molecular flexibility index (Phi) is 6.95. The van der Waals surface area contributed by atoms with E-state index in [4.69, 9.17) is 18.6 Å². The van der Waals surface area contributed by atoms with Crippen molar-refractivity contribution in [3.63, 3.8) is 0 Å². The normalized spacial score (nSPS) is 11.4. The molecule has 4 rings (SSSR count). The number of hydrogen-bond acceptors (Lipinski definition) is 9. The minimum Gasteiger partial charge on any atom is -0.464 e. The van der Waals surface area contributed by atoms with Gasteiger partial charge < -0.3 is 18.6 Å². The van der Waals surface area contributed by atoms with Crippen molar-refractivity contribution in [1.82, 2.24) is 14.1 Å². The lowest BCUT2D eigenvalue weighted by Gasteiger charge is -2.21. The van der Waals surface area contributed by atoms with Gasteiger partial charge in [0.25, 0.3) is 5.56 Å². The predicted octanol–water partition coefficient (Wildman–Crippen LogP) is 4.30. The van der Waals surface area contributed by atoms with Gasteiger partial charge in [-0.1, -0.05) is 0 Å². The number of hydrogen-bond donors (Lipinski definition) is 0.